The summed E-state index contributed by atoms with van der Waals surface area (Å²) in [7, 11) is 1.60. The SMILES string of the molecule is COc1ccc(-n2c(SCc3ccc(F)cc3)nc3ccccc3c2=O)cc1. The van der Waals surface area contributed by atoms with E-state index >= 15 is 0 Å². The topological polar surface area (TPSA) is 44.1 Å². The van der Waals surface area contributed by atoms with Crippen molar-refractivity contribution >= 4 is 22.7 Å². The molecule has 0 aliphatic rings. The van der Waals surface area contributed by atoms with Crippen molar-refractivity contribution in [3.8, 4) is 11.4 Å². The van der Waals surface area contributed by atoms with Gasteiger partial charge in [-0.3, -0.25) is 9.36 Å². The number of nitrogens with zero attached hydrogens (tertiary/aromatic N) is 2. The number of ether oxygens (including phenoxy) is 1. The van der Waals surface area contributed by atoms with Crippen LogP contribution in [0.4, 0.5) is 4.39 Å². The smallest absolute Gasteiger partial charge is 0.266 e. The zero-order valence-electron chi connectivity index (χ0n) is 15.1. The van der Waals surface area contributed by atoms with Crippen molar-refractivity contribution in [1.29, 1.82) is 0 Å². The lowest BCUT2D eigenvalue weighted by atomic mass is 10.2. The van der Waals surface area contributed by atoms with Gasteiger partial charge in [-0.25, -0.2) is 9.37 Å². The molecule has 3 aromatic carbocycles. The van der Waals surface area contributed by atoms with E-state index in [0.29, 0.717) is 33.2 Å². The molecule has 0 fully saturated rings. The summed E-state index contributed by atoms with van der Waals surface area (Å²) in [5.41, 5.74) is 2.19. The highest BCUT2D eigenvalue weighted by molar-refractivity contribution is 7.98. The molecule has 0 atom stereocenters. The molecular weight excluding hydrogens is 375 g/mol. The summed E-state index contributed by atoms with van der Waals surface area (Å²) >= 11 is 1.44. The Kier molecular flexibility index (Phi) is 5.12. The normalized spacial score (nSPS) is 10.9. The van der Waals surface area contributed by atoms with Crippen LogP contribution in [0.5, 0.6) is 5.75 Å². The first-order valence-corrected chi connectivity index (χ1v) is 9.68. The molecule has 0 N–H and O–H groups in total. The number of halogens is 1. The Morgan fingerprint density at radius 1 is 1.00 bits per heavy atom. The minimum Gasteiger partial charge on any atom is -0.497 e. The van der Waals surface area contributed by atoms with Gasteiger partial charge in [-0.15, -0.1) is 0 Å². The first-order chi connectivity index (χ1) is 13.7. The maximum Gasteiger partial charge on any atom is 0.266 e. The third-order valence-electron chi connectivity index (χ3n) is 4.36. The predicted molar refractivity (Wildman–Crippen MR) is 110 cm³/mol. The number of thioether (sulfide) groups is 1. The minimum atomic E-state index is -0.271. The van der Waals surface area contributed by atoms with Gasteiger partial charge in [0.15, 0.2) is 5.16 Å². The largest absolute Gasteiger partial charge is 0.497 e. The second kappa shape index (κ2) is 7.86. The molecule has 0 spiro atoms. The van der Waals surface area contributed by atoms with Crippen LogP contribution in [0.2, 0.25) is 0 Å². The van der Waals surface area contributed by atoms with E-state index in [4.69, 9.17) is 9.72 Å². The molecule has 0 radical (unpaired) electrons. The van der Waals surface area contributed by atoms with Crippen molar-refractivity contribution in [1.82, 2.24) is 9.55 Å². The van der Waals surface area contributed by atoms with Crippen molar-refractivity contribution in [2.24, 2.45) is 0 Å². The Hall–Kier alpha value is -3.12. The zero-order valence-corrected chi connectivity index (χ0v) is 15.9. The summed E-state index contributed by atoms with van der Waals surface area (Å²) in [5, 5.41) is 1.14. The highest BCUT2D eigenvalue weighted by atomic mass is 32.2. The number of hydrogen-bond donors (Lipinski definition) is 0. The molecule has 0 aliphatic heterocycles. The lowest BCUT2D eigenvalue weighted by Crippen LogP contribution is -2.21. The molecule has 0 bridgehead atoms. The van der Waals surface area contributed by atoms with Crippen LogP contribution >= 0.6 is 11.8 Å². The Morgan fingerprint density at radius 3 is 2.43 bits per heavy atom. The molecule has 1 heterocycles. The number of para-hydroxylation sites is 1. The van der Waals surface area contributed by atoms with E-state index in [1.54, 1.807) is 29.9 Å². The molecule has 0 unspecified atom stereocenters. The van der Waals surface area contributed by atoms with Crippen molar-refractivity contribution in [3.63, 3.8) is 0 Å². The molecule has 1 aromatic heterocycles. The van der Waals surface area contributed by atoms with E-state index in [0.717, 1.165) is 5.56 Å². The fourth-order valence-electron chi connectivity index (χ4n) is 2.90. The molecule has 4 aromatic rings. The zero-order chi connectivity index (χ0) is 19.5. The van der Waals surface area contributed by atoms with Crippen LogP contribution < -0.4 is 10.3 Å². The molecule has 0 amide bonds. The van der Waals surface area contributed by atoms with Gasteiger partial charge in [0.25, 0.3) is 5.56 Å². The number of aromatic nitrogens is 2. The average Bonchev–Trinajstić information content (AvgIpc) is 2.74. The third kappa shape index (κ3) is 3.64. The number of methoxy groups -OCH3 is 1. The fourth-order valence-corrected chi connectivity index (χ4v) is 3.87. The monoisotopic (exact) mass is 392 g/mol. The van der Waals surface area contributed by atoms with Gasteiger partial charge >= 0.3 is 0 Å². The highest BCUT2D eigenvalue weighted by Crippen LogP contribution is 2.25. The molecule has 0 aliphatic carbocycles. The minimum absolute atomic E-state index is 0.127. The molecule has 4 nitrogen and oxygen atoms in total. The van der Waals surface area contributed by atoms with Crippen LogP contribution in [0.3, 0.4) is 0 Å². The van der Waals surface area contributed by atoms with E-state index in [1.165, 1.54) is 23.9 Å². The van der Waals surface area contributed by atoms with Gasteiger partial charge in [-0.1, -0.05) is 36.0 Å². The number of benzene rings is 3. The van der Waals surface area contributed by atoms with Crippen LogP contribution in [0.1, 0.15) is 5.56 Å². The van der Waals surface area contributed by atoms with Crippen molar-refractivity contribution < 1.29 is 9.13 Å². The van der Waals surface area contributed by atoms with Crippen molar-refractivity contribution in [2.45, 2.75) is 10.9 Å². The lowest BCUT2D eigenvalue weighted by molar-refractivity contribution is 0.414. The van der Waals surface area contributed by atoms with Crippen molar-refractivity contribution in [3.05, 3.63) is 94.5 Å². The predicted octanol–water partition coefficient (Wildman–Crippen LogP) is 4.83. The second-order valence-corrected chi connectivity index (χ2v) is 7.11. The summed E-state index contributed by atoms with van der Waals surface area (Å²) in [6.07, 6.45) is 0. The number of hydrogen-bond acceptors (Lipinski definition) is 4. The fraction of sp³-hybridized carbons (Fsp3) is 0.0909. The van der Waals surface area contributed by atoms with Gasteiger partial charge < -0.3 is 4.74 Å². The van der Waals surface area contributed by atoms with Gasteiger partial charge in [0.1, 0.15) is 11.6 Å². The standard InChI is InChI=1S/C22H17FN2O2S/c1-27-18-12-10-17(11-13-18)25-21(26)19-4-2-3-5-20(19)24-22(25)28-14-15-6-8-16(23)9-7-15/h2-13H,14H2,1H3. The molecule has 0 saturated heterocycles. The molecule has 28 heavy (non-hydrogen) atoms. The van der Waals surface area contributed by atoms with Gasteiger partial charge in [-0.2, -0.15) is 0 Å². The molecule has 6 heteroatoms. The van der Waals surface area contributed by atoms with Crippen LogP contribution in [0, 0.1) is 5.82 Å². The van der Waals surface area contributed by atoms with Gasteiger partial charge in [0, 0.05) is 5.75 Å². The highest BCUT2D eigenvalue weighted by Gasteiger charge is 2.13. The Bertz CT molecular complexity index is 1170. The second-order valence-electron chi connectivity index (χ2n) is 6.17. The first-order valence-electron chi connectivity index (χ1n) is 8.69. The molecule has 140 valence electrons. The number of fused-ring (bicyclic) bond motifs is 1. The van der Waals surface area contributed by atoms with E-state index < -0.39 is 0 Å². The van der Waals surface area contributed by atoms with Gasteiger partial charge in [0.2, 0.25) is 0 Å². The van der Waals surface area contributed by atoms with Crippen LogP contribution in [-0.4, -0.2) is 16.7 Å². The lowest BCUT2D eigenvalue weighted by Gasteiger charge is -2.13. The third-order valence-corrected chi connectivity index (χ3v) is 5.37. The molecular formula is C22H17FN2O2S. The van der Waals surface area contributed by atoms with E-state index in [-0.39, 0.29) is 11.4 Å². The maximum atomic E-state index is 13.2. The average molecular weight is 392 g/mol. The van der Waals surface area contributed by atoms with E-state index in [9.17, 15) is 9.18 Å². The first kappa shape index (κ1) is 18.3. The Balaban J connectivity index is 1.80. The summed E-state index contributed by atoms with van der Waals surface area (Å²) in [6, 6.07) is 20.9. The number of rotatable bonds is 5. The van der Waals surface area contributed by atoms with E-state index in [1.807, 2.05) is 42.5 Å². The summed E-state index contributed by atoms with van der Waals surface area (Å²) < 4.78 is 20.0. The quantitative estimate of drug-likeness (QED) is 0.361. The maximum absolute atomic E-state index is 13.2. The summed E-state index contributed by atoms with van der Waals surface area (Å²) in [6.45, 7) is 0. The Morgan fingerprint density at radius 2 is 1.71 bits per heavy atom. The Labute approximate surface area is 165 Å². The molecule has 4 rings (SSSR count). The van der Waals surface area contributed by atoms with Crippen LogP contribution in [0.25, 0.3) is 16.6 Å². The van der Waals surface area contributed by atoms with Gasteiger partial charge in [0.05, 0.1) is 23.7 Å². The van der Waals surface area contributed by atoms with Crippen LogP contribution in [-0.2, 0) is 5.75 Å². The van der Waals surface area contributed by atoms with Crippen LogP contribution in [0.15, 0.2) is 82.7 Å². The van der Waals surface area contributed by atoms with E-state index in [2.05, 4.69) is 0 Å². The summed E-state index contributed by atoms with van der Waals surface area (Å²) in [5.74, 6) is 1.01. The molecule has 0 saturated carbocycles. The van der Waals surface area contributed by atoms with Gasteiger partial charge in [-0.05, 0) is 54.1 Å². The van der Waals surface area contributed by atoms with Crippen molar-refractivity contribution in [2.75, 3.05) is 7.11 Å². The summed E-state index contributed by atoms with van der Waals surface area (Å²) in [4.78, 5) is 17.9.